The summed E-state index contributed by atoms with van der Waals surface area (Å²) in [6.45, 7) is -2.81. The standard InChI is InChI=1S/C10H6F2NO/c11-10(12)14-8-4-3-7-2-1-5-13-9(7)6-8/h1-4,6,10H. The third-order valence-electron chi connectivity index (χ3n) is 1.75. The Labute approximate surface area is 79.1 Å². The Bertz CT molecular complexity index is 445. The summed E-state index contributed by atoms with van der Waals surface area (Å²) in [6, 6.07) is 8.08. The van der Waals surface area contributed by atoms with Crippen LogP contribution in [-0.4, -0.2) is 11.6 Å². The van der Waals surface area contributed by atoms with Gasteiger partial charge in [0, 0.05) is 11.5 Å². The van der Waals surface area contributed by atoms with Crippen LogP contribution >= 0.6 is 0 Å². The molecule has 0 atom stereocenters. The number of aromatic nitrogens is 1. The summed E-state index contributed by atoms with van der Waals surface area (Å²) in [5, 5.41) is 0.866. The summed E-state index contributed by atoms with van der Waals surface area (Å²) in [5.41, 5.74) is 0.589. The lowest BCUT2D eigenvalue weighted by Crippen LogP contribution is -2.01. The molecule has 0 unspecified atom stereocenters. The van der Waals surface area contributed by atoms with Crippen molar-refractivity contribution < 1.29 is 13.5 Å². The third-order valence-corrected chi connectivity index (χ3v) is 1.75. The number of rotatable bonds is 2. The van der Waals surface area contributed by atoms with Crippen LogP contribution in [0.3, 0.4) is 0 Å². The number of nitrogens with zero attached hydrogens (tertiary/aromatic N) is 1. The lowest BCUT2D eigenvalue weighted by atomic mass is 10.2. The number of fused-ring (bicyclic) bond motifs is 1. The van der Waals surface area contributed by atoms with Crippen molar-refractivity contribution in [1.29, 1.82) is 0 Å². The molecule has 2 nitrogen and oxygen atoms in total. The molecule has 71 valence electrons. The summed E-state index contributed by atoms with van der Waals surface area (Å²) < 4.78 is 28.0. The van der Waals surface area contributed by atoms with Gasteiger partial charge >= 0.3 is 6.61 Å². The average Bonchev–Trinajstić information content (AvgIpc) is 2.17. The van der Waals surface area contributed by atoms with Crippen molar-refractivity contribution in [2.75, 3.05) is 0 Å². The number of ether oxygens (including phenoxy) is 1. The first-order chi connectivity index (χ1) is 6.75. The quantitative estimate of drug-likeness (QED) is 0.733. The fourth-order valence-corrected chi connectivity index (χ4v) is 1.17. The van der Waals surface area contributed by atoms with Crippen LogP contribution in [0.5, 0.6) is 5.75 Å². The molecule has 0 fully saturated rings. The number of benzene rings is 1. The summed E-state index contributed by atoms with van der Waals surface area (Å²) >= 11 is 0. The maximum absolute atomic E-state index is 11.9. The van der Waals surface area contributed by atoms with E-state index in [1.54, 1.807) is 18.2 Å². The smallest absolute Gasteiger partial charge is 0.387 e. The van der Waals surface area contributed by atoms with Crippen molar-refractivity contribution >= 4 is 10.9 Å². The SMILES string of the molecule is FC(F)Oc1ccc2cc[c]nc2c1. The molecular weight excluding hydrogens is 188 g/mol. The van der Waals surface area contributed by atoms with Crippen molar-refractivity contribution in [1.82, 2.24) is 4.98 Å². The molecule has 0 spiro atoms. The predicted molar refractivity (Wildman–Crippen MR) is 47.2 cm³/mol. The fraction of sp³-hybridized carbons (Fsp3) is 0.100. The van der Waals surface area contributed by atoms with Crippen LogP contribution in [-0.2, 0) is 0 Å². The summed E-state index contributed by atoms with van der Waals surface area (Å²) in [6.07, 6.45) is 2.62. The van der Waals surface area contributed by atoms with Gasteiger partial charge in [-0.25, -0.2) is 4.98 Å². The highest BCUT2D eigenvalue weighted by atomic mass is 19.3. The largest absolute Gasteiger partial charge is 0.435 e. The van der Waals surface area contributed by atoms with E-state index >= 15 is 0 Å². The van der Waals surface area contributed by atoms with Gasteiger partial charge < -0.3 is 4.74 Å². The molecule has 4 heteroatoms. The van der Waals surface area contributed by atoms with E-state index in [9.17, 15) is 8.78 Å². The average molecular weight is 194 g/mol. The second-order valence-electron chi connectivity index (χ2n) is 2.67. The first-order valence-corrected chi connectivity index (χ1v) is 3.97. The molecule has 1 aromatic heterocycles. The minimum absolute atomic E-state index is 0.111. The van der Waals surface area contributed by atoms with Gasteiger partial charge in [-0.3, -0.25) is 0 Å². The summed E-state index contributed by atoms with van der Waals surface area (Å²) in [4.78, 5) is 3.90. The first kappa shape index (κ1) is 8.87. The van der Waals surface area contributed by atoms with Crippen molar-refractivity contribution in [2.45, 2.75) is 6.61 Å². The van der Waals surface area contributed by atoms with Gasteiger partial charge in [-0.05, 0) is 18.2 Å². The number of pyridine rings is 1. The maximum atomic E-state index is 11.9. The Morgan fingerprint density at radius 1 is 1.29 bits per heavy atom. The van der Waals surface area contributed by atoms with Gasteiger partial charge in [0.1, 0.15) is 5.75 Å². The topological polar surface area (TPSA) is 22.1 Å². The van der Waals surface area contributed by atoms with Gasteiger partial charge in [-0.1, -0.05) is 6.07 Å². The van der Waals surface area contributed by atoms with Gasteiger partial charge in [0.25, 0.3) is 0 Å². The Morgan fingerprint density at radius 3 is 2.93 bits per heavy atom. The lowest BCUT2D eigenvalue weighted by Gasteiger charge is -2.04. The molecular formula is C10H6F2NO. The molecule has 0 bridgehead atoms. The summed E-state index contributed by atoms with van der Waals surface area (Å²) in [5.74, 6) is 0.111. The first-order valence-electron chi connectivity index (χ1n) is 3.97. The van der Waals surface area contributed by atoms with E-state index in [0.29, 0.717) is 5.52 Å². The van der Waals surface area contributed by atoms with Crippen LogP contribution in [0.25, 0.3) is 10.9 Å². The zero-order valence-electron chi connectivity index (χ0n) is 7.08. The Kier molecular flexibility index (Phi) is 2.26. The highest BCUT2D eigenvalue weighted by molar-refractivity contribution is 5.79. The fourth-order valence-electron chi connectivity index (χ4n) is 1.17. The Balaban J connectivity index is 2.41. The van der Waals surface area contributed by atoms with E-state index < -0.39 is 6.61 Å². The molecule has 1 heterocycles. The molecule has 0 saturated carbocycles. The van der Waals surface area contributed by atoms with Crippen molar-refractivity contribution in [2.24, 2.45) is 0 Å². The molecule has 1 aromatic carbocycles. The number of alkyl halides is 2. The molecule has 0 saturated heterocycles. The van der Waals surface area contributed by atoms with E-state index in [-0.39, 0.29) is 5.75 Å². The van der Waals surface area contributed by atoms with Crippen molar-refractivity contribution in [3.63, 3.8) is 0 Å². The van der Waals surface area contributed by atoms with Crippen LogP contribution in [0.2, 0.25) is 0 Å². The van der Waals surface area contributed by atoms with Crippen LogP contribution in [0.4, 0.5) is 8.78 Å². The highest BCUT2D eigenvalue weighted by Crippen LogP contribution is 2.19. The molecule has 2 aromatic rings. The van der Waals surface area contributed by atoms with E-state index in [1.165, 1.54) is 12.1 Å². The van der Waals surface area contributed by atoms with Gasteiger partial charge in [0.2, 0.25) is 0 Å². The molecule has 1 radical (unpaired) electrons. The Morgan fingerprint density at radius 2 is 2.14 bits per heavy atom. The molecule has 0 aliphatic carbocycles. The second-order valence-corrected chi connectivity index (χ2v) is 2.67. The molecule has 0 aliphatic rings. The number of hydrogen-bond acceptors (Lipinski definition) is 2. The molecule has 14 heavy (non-hydrogen) atoms. The van der Waals surface area contributed by atoms with Crippen LogP contribution in [0.15, 0.2) is 30.3 Å². The van der Waals surface area contributed by atoms with Gasteiger partial charge in [0.15, 0.2) is 0 Å². The number of halogens is 2. The minimum Gasteiger partial charge on any atom is -0.435 e. The molecule has 0 N–H and O–H groups in total. The highest BCUT2D eigenvalue weighted by Gasteiger charge is 2.04. The minimum atomic E-state index is -2.81. The van der Waals surface area contributed by atoms with Gasteiger partial charge in [-0.15, -0.1) is 0 Å². The van der Waals surface area contributed by atoms with Crippen molar-refractivity contribution in [3.05, 3.63) is 36.5 Å². The van der Waals surface area contributed by atoms with E-state index in [2.05, 4.69) is 15.9 Å². The monoisotopic (exact) mass is 194 g/mol. The van der Waals surface area contributed by atoms with E-state index in [0.717, 1.165) is 5.39 Å². The zero-order chi connectivity index (χ0) is 9.97. The van der Waals surface area contributed by atoms with E-state index in [1.807, 2.05) is 0 Å². The maximum Gasteiger partial charge on any atom is 0.387 e. The second kappa shape index (κ2) is 3.57. The normalized spacial score (nSPS) is 10.8. The van der Waals surface area contributed by atoms with Gasteiger partial charge in [-0.2, -0.15) is 8.78 Å². The third kappa shape index (κ3) is 1.79. The molecule has 2 rings (SSSR count). The number of hydrogen-bond donors (Lipinski definition) is 0. The van der Waals surface area contributed by atoms with E-state index in [4.69, 9.17) is 0 Å². The Hall–Kier alpha value is -1.71. The van der Waals surface area contributed by atoms with Crippen molar-refractivity contribution in [3.8, 4) is 5.75 Å². The predicted octanol–water partition coefficient (Wildman–Crippen LogP) is 2.64. The van der Waals surface area contributed by atoms with Crippen LogP contribution in [0, 0.1) is 6.20 Å². The summed E-state index contributed by atoms with van der Waals surface area (Å²) in [7, 11) is 0. The lowest BCUT2D eigenvalue weighted by molar-refractivity contribution is -0.0497. The molecule has 0 aliphatic heterocycles. The van der Waals surface area contributed by atoms with Crippen LogP contribution in [0.1, 0.15) is 0 Å². The van der Waals surface area contributed by atoms with Crippen LogP contribution < -0.4 is 4.74 Å². The molecule has 0 amide bonds. The zero-order valence-corrected chi connectivity index (χ0v) is 7.08. The van der Waals surface area contributed by atoms with Gasteiger partial charge in [0.05, 0.1) is 11.7 Å².